The summed E-state index contributed by atoms with van der Waals surface area (Å²) in [7, 11) is 0. The van der Waals surface area contributed by atoms with Crippen LogP contribution in [-0.4, -0.2) is 11.2 Å². The normalized spacial score (nSPS) is 13.4. The van der Waals surface area contributed by atoms with E-state index in [1.807, 2.05) is 0 Å². The lowest BCUT2D eigenvalue weighted by Gasteiger charge is -2.18. The summed E-state index contributed by atoms with van der Waals surface area (Å²) in [6.45, 7) is 3.42. The largest absolute Gasteiger partial charge is 0.349 e. The first-order valence-corrected chi connectivity index (χ1v) is 7.92. The molecule has 1 N–H and O–H groups in total. The van der Waals surface area contributed by atoms with Gasteiger partial charge in [0, 0.05) is 11.0 Å². The van der Waals surface area contributed by atoms with Gasteiger partial charge in [0.15, 0.2) is 0 Å². The van der Waals surface area contributed by atoms with Crippen LogP contribution in [0.1, 0.15) is 25.5 Å². The van der Waals surface area contributed by atoms with Crippen LogP contribution in [0.15, 0.2) is 47.4 Å². The van der Waals surface area contributed by atoms with Gasteiger partial charge in [0.2, 0.25) is 5.91 Å². The Hall–Kier alpha value is -1.95. The molecule has 23 heavy (non-hydrogen) atoms. The molecule has 2 rings (SSSR count). The Kier molecular flexibility index (Phi) is 5.71. The van der Waals surface area contributed by atoms with Crippen molar-refractivity contribution in [2.75, 3.05) is 0 Å². The quantitative estimate of drug-likeness (QED) is 0.815. The Morgan fingerprint density at radius 3 is 2.22 bits per heavy atom. The van der Waals surface area contributed by atoms with Crippen molar-refractivity contribution in [3.05, 3.63) is 65.5 Å². The highest BCUT2D eigenvalue weighted by Crippen LogP contribution is 2.27. The fraction of sp³-hybridized carbons (Fsp3) is 0.235. The Bertz CT molecular complexity index is 691. The van der Waals surface area contributed by atoms with E-state index in [2.05, 4.69) is 5.32 Å². The van der Waals surface area contributed by atoms with Crippen LogP contribution in [0.2, 0.25) is 0 Å². The van der Waals surface area contributed by atoms with E-state index in [1.165, 1.54) is 18.2 Å². The maximum absolute atomic E-state index is 13.6. The summed E-state index contributed by atoms with van der Waals surface area (Å²) < 4.78 is 39.4. The lowest BCUT2D eigenvalue weighted by Crippen LogP contribution is -2.33. The smallest absolute Gasteiger partial charge is 0.233 e. The van der Waals surface area contributed by atoms with E-state index in [-0.39, 0.29) is 22.7 Å². The van der Waals surface area contributed by atoms with Crippen LogP contribution < -0.4 is 5.32 Å². The summed E-state index contributed by atoms with van der Waals surface area (Å²) in [6, 6.07) is 8.78. The molecular weight excluding hydrogens is 323 g/mol. The zero-order valence-electron chi connectivity index (χ0n) is 12.6. The van der Waals surface area contributed by atoms with Crippen LogP contribution >= 0.6 is 11.8 Å². The molecule has 0 heterocycles. The molecule has 2 atom stereocenters. The van der Waals surface area contributed by atoms with Crippen LogP contribution in [0, 0.1) is 17.5 Å². The lowest BCUT2D eigenvalue weighted by molar-refractivity contribution is -0.120. The van der Waals surface area contributed by atoms with Crippen molar-refractivity contribution >= 4 is 17.7 Å². The summed E-state index contributed by atoms with van der Waals surface area (Å²) in [6.07, 6.45) is 0. The molecule has 0 saturated carbocycles. The van der Waals surface area contributed by atoms with Gasteiger partial charge < -0.3 is 5.32 Å². The second-order valence-electron chi connectivity index (χ2n) is 5.12. The molecule has 0 spiro atoms. The van der Waals surface area contributed by atoms with E-state index >= 15 is 0 Å². The number of thioether (sulfide) groups is 1. The topological polar surface area (TPSA) is 29.1 Å². The van der Waals surface area contributed by atoms with Gasteiger partial charge >= 0.3 is 0 Å². The second kappa shape index (κ2) is 7.55. The number of hydrogen-bond acceptors (Lipinski definition) is 2. The number of hydrogen-bond donors (Lipinski definition) is 1. The predicted molar refractivity (Wildman–Crippen MR) is 84.6 cm³/mol. The fourth-order valence-corrected chi connectivity index (χ4v) is 2.85. The molecule has 0 fully saturated rings. The summed E-state index contributed by atoms with van der Waals surface area (Å²) in [5.41, 5.74) is 0.768. The number of amides is 1. The van der Waals surface area contributed by atoms with Gasteiger partial charge in [0.1, 0.15) is 17.5 Å². The highest BCUT2D eigenvalue weighted by atomic mass is 32.2. The van der Waals surface area contributed by atoms with Crippen LogP contribution in [0.3, 0.4) is 0 Å². The third-order valence-corrected chi connectivity index (χ3v) is 4.45. The standard InChI is InChI=1S/C17H16F3NOS/c1-10(12-3-5-13(18)6-4-12)21-17(22)11(2)23-16-8-7-14(19)9-15(16)20/h3-11H,1-2H3,(H,21,22). The van der Waals surface area contributed by atoms with E-state index in [0.29, 0.717) is 0 Å². The molecule has 0 aliphatic carbocycles. The fourth-order valence-electron chi connectivity index (χ4n) is 1.98. The molecule has 0 saturated heterocycles. The van der Waals surface area contributed by atoms with Gasteiger partial charge in [-0.1, -0.05) is 12.1 Å². The average molecular weight is 339 g/mol. The van der Waals surface area contributed by atoms with E-state index in [9.17, 15) is 18.0 Å². The number of halogens is 3. The third-order valence-electron chi connectivity index (χ3n) is 3.30. The summed E-state index contributed by atoms with van der Waals surface area (Å²) in [4.78, 5) is 12.4. The predicted octanol–water partition coefficient (Wildman–Crippen LogP) is 4.46. The van der Waals surface area contributed by atoms with Crippen LogP contribution in [-0.2, 0) is 4.79 Å². The van der Waals surface area contributed by atoms with E-state index in [4.69, 9.17) is 0 Å². The summed E-state index contributed by atoms with van der Waals surface area (Å²) in [5.74, 6) is -1.98. The van der Waals surface area contributed by atoms with Gasteiger partial charge in [-0.3, -0.25) is 4.79 Å². The van der Waals surface area contributed by atoms with Crippen molar-refractivity contribution in [3.8, 4) is 0 Å². The number of carbonyl (C=O) groups excluding carboxylic acids is 1. The van der Waals surface area contributed by atoms with E-state index in [0.717, 1.165) is 29.5 Å². The van der Waals surface area contributed by atoms with Gasteiger partial charge in [-0.2, -0.15) is 0 Å². The molecule has 2 aromatic rings. The minimum Gasteiger partial charge on any atom is -0.349 e. The molecule has 0 radical (unpaired) electrons. The molecule has 0 bridgehead atoms. The zero-order chi connectivity index (χ0) is 17.0. The highest BCUT2D eigenvalue weighted by molar-refractivity contribution is 8.00. The number of benzene rings is 2. The van der Waals surface area contributed by atoms with Crippen molar-refractivity contribution in [1.82, 2.24) is 5.32 Å². The molecule has 0 aliphatic rings. The van der Waals surface area contributed by atoms with Crippen LogP contribution in [0.4, 0.5) is 13.2 Å². The first kappa shape index (κ1) is 17.4. The molecular formula is C17H16F3NOS. The van der Waals surface area contributed by atoms with Crippen LogP contribution in [0.25, 0.3) is 0 Å². The molecule has 2 nitrogen and oxygen atoms in total. The molecule has 6 heteroatoms. The number of nitrogens with one attached hydrogen (secondary N) is 1. The maximum atomic E-state index is 13.6. The maximum Gasteiger partial charge on any atom is 0.233 e. The van der Waals surface area contributed by atoms with Crippen molar-refractivity contribution in [3.63, 3.8) is 0 Å². The van der Waals surface area contributed by atoms with Crippen molar-refractivity contribution in [2.45, 2.75) is 30.0 Å². The monoisotopic (exact) mass is 339 g/mol. The molecule has 2 unspecified atom stereocenters. The Labute approximate surface area is 137 Å². The Morgan fingerprint density at radius 2 is 1.61 bits per heavy atom. The molecule has 122 valence electrons. The lowest BCUT2D eigenvalue weighted by atomic mass is 10.1. The molecule has 0 aliphatic heterocycles. The summed E-state index contributed by atoms with van der Waals surface area (Å²) in [5, 5.41) is 2.23. The number of rotatable bonds is 5. The van der Waals surface area contributed by atoms with E-state index in [1.54, 1.807) is 26.0 Å². The SMILES string of the molecule is CC(Sc1ccc(F)cc1F)C(=O)NC(C)c1ccc(F)cc1. The van der Waals surface area contributed by atoms with E-state index < -0.39 is 16.9 Å². The first-order chi connectivity index (χ1) is 10.9. The van der Waals surface area contributed by atoms with Gasteiger partial charge in [-0.05, 0) is 43.7 Å². The number of carbonyl (C=O) groups is 1. The van der Waals surface area contributed by atoms with Crippen molar-refractivity contribution in [1.29, 1.82) is 0 Å². The molecule has 1 amide bonds. The highest BCUT2D eigenvalue weighted by Gasteiger charge is 2.19. The van der Waals surface area contributed by atoms with Crippen LogP contribution in [0.5, 0.6) is 0 Å². The molecule has 0 aromatic heterocycles. The minimum atomic E-state index is -0.693. The minimum absolute atomic E-state index is 0.212. The second-order valence-corrected chi connectivity index (χ2v) is 6.50. The van der Waals surface area contributed by atoms with Crippen molar-refractivity contribution < 1.29 is 18.0 Å². The van der Waals surface area contributed by atoms with Crippen molar-refractivity contribution in [2.24, 2.45) is 0 Å². The average Bonchev–Trinajstić information content (AvgIpc) is 2.50. The molecule has 2 aromatic carbocycles. The zero-order valence-corrected chi connectivity index (χ0v) is 13.5. The first-order valence-electron chi connectivity index (χ1n) is 7.04. The Balaban J connectivity index is 1.98. The van der Waals surface area contributed by atoms with Gasteiger partial charge in [0.05, 0.1) is 11.3 Å². The summed E-state index contributed by atoms with van der Waals surface area (Å²) >= 11 is 1.01. The van der Waals surface area contributed by atoms with Gasteiger partial charge in [0.25, 0.3) is 0 Å². The van der Waals surface area contributed by atoms with Gasteiger partial charge in [-0.25, -0.2) is 13.2 Å². The third kappa shape index (κ3) is 4.76. The Morgan fingerprint density at radius 1 is 1.00 bits per heavy atom. The van der Waals surface area contributed by atoms with Gasteiger partial charge in [-0.15, -0.1) is 11.8 Å².